The molecule has 6 nitrogen and oxygen atoms in total. The first-order valence-corrected chi connectivity index (χ1v) is 4.96. The Balaban J connectivity index is 4.18. The number of nitrogens with zero attached hydrogens (tertiary/aromatic N) is 1. The summed E-state index contributed by atoms with van der Waals surface area (Å²) in [7, 11) is 0. The lowest BCUT2D eigenvalue weighted by Crippen LogP contribution is -2.42. The third-order valence-corrected chi connectivity index (χ3v) is 2.07. The molecule has 0 saturated carbocycles. The lowest BCUT2D eigenvalue weighted by Gasteiger charge is -2.22. The average Bonchev–Trinajstić information content (AvgIpc) is 2.17. The van der Waals surface area contributed by atoms with Crippen LogP contribution >= 0.6 is 0 Å². The first kappa shape index (κ1) is 14.0. The highest BCUT2D eigenvalue weighted by Gasteiger charge is 2.18. The van der Waals surface area contributed by atoms with Crippen LogP contribution in [0.1, 0.15) is 13.3 Å². The predicted molar refractivity (Wildman–Crippen MR) is 58.0 cm³/mol. The zero-order valence-electron chi connectivity index (χ0n) is 9.11. The topological polar surface area (TPSA) is 115 Å². The van der Waals surface area contributed by atoms with E-state index in [9.17, 15) is 9.59 Å². The fourth-order valence-corrected chi connectivity index (χ4v) is 1.13. The molecule has 0 rings (SSSR count). The fraction of sp³-hybridized carbons (Fsp3) is 0.778. The summed E-state index contributed by atoms with van der Waals surface area (Å²) in [5.74, 6) is -0.364. The number of rotatable bonds is 7. The van der Waals surface area contributed by atoms with Crippen LogP contribution in [0.5, 0.6) is 0 Å². The lowest BCUT2D eigenvalue weighted by molar-refractivity contribution is -0.133. The third kappa shape index (κ3) is 5.46. The zero-order chi connectivity index (χ0) is 11.8. The van der Waals surface area contributed by atoms with Gasteiger partial charge in [-0.1, -0.05) is 0 Å². The molecule has 0 fully saturated rings. The van der Waals surface area contributed by atoms with E-state index >= 15 is 0 Å². The largest absolute Gasteiger partial charge is 0.340 e. The minimum Gasteiger partial charge on any atom is -0.340 e. The number of nitrogens with two attached hydrogens (primary N) is 3. The van der Waals surface area contributed by atoms with Crippen molar-refractivity contribution in [1.29, 1.82) is 0 Å². The van der Waals surface area contributed by atoms with E-state index in [0.717, 1.165) is 0 Å². The fourth-order valence-electron chi connectivity index (χ4n) is 1.13. The van der Waals surface area contributed by atoms with Gasteiger partial charge in [0.05, 0.1) is 6.04 Å². The molecule has 0 saturated heterocycles. The third-order valence-electron chi connectivity index (χ3n) is 2.07. The van der Waals surface area contributed by atoms with Gasteiger partial charge >= 0.3 is 0 Å². The maximum absolute atomic E-state index is 11.6. The maximum Gasteiger partial charge on any atom is 0.224 e. The van der Waals surface area contributed by atoms with E-state index < -0.39 is 6.04 Å². The Morgan fingerprint density at radius 1 is 1.20 bits per heavy atom. The summed E-state index contributed by atoms with van der Waals surface area (Å²) in [6.07, 6.45) is 0.0231. The highest BCUT2D eigenvalue weighted by Crippen LogP contribution is 1.97. The number of Topliss-reactive ketones (excluding diaryl/α,β-unsaturated/α-hetero) is 1. The molecule has 1 unspecified atom stereocenters. The molecule has 0 aliphatic carbocycles. The summed E-state index contributed by atoms with van der Waals surface area (Å²) in [6, 6.07) is -0.726. The minimum atomic E-state index is -0.726. The van der Waals surface area contributed by atoms with Crippen molar-refractivity contribution in [3.05, 3.63) is 0 Å². The SMILES string of the molecule is CC(=O)C(N)CC(=O)N(CCN)CCN. The molecule has 88 valence electrons. The van der Waals surface area contributed by atoms with Crippen LogP contribution in [0.3, 0.4) is 0 Å². The van der Waals surface area contributed by atoms with Gasteiger partial charge in [-0.2, -0.15) is 0 Å². The van der Waals surface area contributed by atoms with Crippen LogP contribution in [-0.2, 0) is 9.59 Å². The Labute approximate surface area is 89.8 Å². The van der Waals surface area contributed by atoms with Gasteiger partial charge in [0.1, 0.15) is 5.78 Å². The van der Waals surface area contributed by atoms with Gasteiger partial charge < -0.3 is 22.1 Å². The van der Waals surface area contributed by atoms with Crippen LogP contribution in [-0.4, -0.2) is 48.8 Å². The first-order chi connectivity index (χ1) is 7.02. The molecule has 0 spiro atoms. The molecular weight excluding hydrogens is 196 g/mol. The van der Waals surface area contributed by atoms with Crippen molar-refractivity contribution >= 4 is 11.7 Å². The first-order valence-electron chi connectivity index (χ1n) is 4.96. The molecule has 15 heavy (non-hydrogen) atoms. The van der Waals surface area contributed by atoms with Crippen molar-refractivity contribution in [2.45, 2.75) is 19.4 Å². The quantitative estimate of drug-likeness (QED) is 0.457. The number of hydrogen-bond acceptors (Lipinski definition) is 5. The highest BCUT2D eigenvalue weighted by molar-refractivity contribution is 5.87. The second-order valence-corrected chi connectivity index (χ2v) is 3.38. The van der Waals surface area contributed by atoms with Crippen LogP contribution in [0.25, 0.3) is 0 Å². The second-order valence-electron chi connectivity index (χ2n) is 3.38. The van der Waals surface area contributed by atoms with Crippen LogP contribution in [0, 0.1) is 0 Å². The molecule has 1 amide bonds. The smallest absolute Gasteiger partial charge is 0.224 e. The van der Waals surface area contributed by atoms with E-state index in [2.05, 4.69) is 0 Å². The van der Waals surface area contributed by atoms with Gasteiger partial charge in [0, 0.05) is 32.6 Å². The number of ketones is 1. The van der Waals surface area contributed by atoms with Gasteiger partial charge in [0.15, 0.2) is 0 Å². The molecule has 0 aromatic rings. The van der Waals surface area contributed by atoms with E-state index in [1.54, 1.807) is 0 Å². The van der Waals surface area contributed by atoms with Gasteiger partial charge in [0.2, 0.25) is 5.91 Å². The van der Waals surface area contributed by atoms with E-state index in [4.69, 9.17) is 17.2 Å². The molecule has 6 N–H and O–H groups in total. The Morgan fingerprint density at radius 2 is 1.67 bits per heavy atom. The van der Waals surface area contributed by atoms with Crippen molar-refractivity contribution in [3.8, 4) is 0 Å². The van der Waals surface area contributed by atoms with Crippen molar-refractivity contribution in [2.24, 2.45) is 17.2 Å². The van der Waals surface area contributed by atoms with E-state index in [0.29, 0.717) is 26.2 Å². The van der Waals surface area contributed by atoms with Crippen LogP contribution in [0.2, 0.25) is 0 Å². The predicted octanol–water partition coefficient (Wildman–Crippen LogP) is -1.96. The summed E-state index contributed by atoms with van der Waals surface area (Å²) in [6.45, 7) is 3.01. The van der Waals surface area contributed by atoms with Crippen LogP contribution < -0.4 is 17.2 Å². The number of carbonyl (C=O) groups is 2. The number of amides is 1. The van der Waals surface area contributed by atoms with Gasteiger partial charge in [0.25, 0.3) is 0 Å². The average molecular weight is 216 g/mol. The van der Waals surface area contributed by atoms with E-state index in [-0.39, 0.29) is 18.1 Å². The summed E-state index contributed by atoms with van der Waals surface area (Å²) < 4.78 is 0. The standard InChI is InChI=1S/C9H20N4O2/c1-7(14)8(12)6-9(15)13(4-2-10)5-3-11/h8H,2-6,10-12H2,1H3. The molecule has 0 bridgehead atoms. The molecular formula is C9H20N4O2. The molecule has 0 aliphatic rings. The summed E-state index contributed by atoms with van der Waals surface area (Å²) in [5, 5.41) is 0. The zero-order valence-corrected chi connectivity index (χ0v) is 9.11. The Morgan fingerprint density at radius 3 is 2.00 bits per heavy atom. The normalized spacial score (nSPS) is 12.3. The molecule has 0 radical (unpaired) electrons. The van der Waals surface area contributed by atoms with Crippen molar-refractivity contribution < 1.29 is 9.59 Å². The van der Waals surface area contributed by atoms with E-state index in [1.807, 2.05) is 0 Å². The van der Waals surface area contributed by atoms with Crippen LogP contribution in [0.15, 0.2) is 0 Å². The highest BCUT2D eigenvalue weighted by atomic mass is 16.2. The molecule has 0 aliphatic heterocycles. The number of hydrogen-bond donors (Lipinski definition) is 3. The number of carbonyl (C=O) groups excluding carboxylic acids is 2. The molecule has 6 heteroatoms. The molecule has 0 aromatic carbocycles. The van der Waals surface area contributed by atoms with Crippen molar-refractivity contribution in [2.75, 3.05) is 26.2 Å². The van der Waals surface area contributed by atoms with Gasteiger partial charge in [-0.05, 0) is 6.92 Å². The second kappa shape index (κ2) is 7.33. The van der Waals surface area contributed by atoms with Gasteiger partial charge in [-0.25, -0.2) is 0 Å². The lowest BCUT2D eigenvalue weighted by atomic mass is 10.1. The summed E-state index contributed by atoms with van der Waals surface area (Å²) in [4.78, 5) is 24.0. The van der Waals surface area contributed by atoms with E-state index in [1.165, 1.54) is 11.8 Å². The van der Waals surface area contributed by atoms with Crippen molar-refractivity contribution in [3.63, 3.8) is 0 Å². The molecule has 0 aromatic heterocycles. The Hall–Kier alpha value is -0.980. The Bertz CT molecular complexity index is 214. The summed E-state index contributed by atoms with van der Waals surface area (Å²) >= 11 is 0. The minimum absolute atomic E-state index is 0.0231. The Kier molecular flexibility index (Phi) is 6.85. The van der Waals surface area contributed by atoms with Crippen LogP contribution in [0.4, 0.5) is 0 Å². The van der Waals surface area contributed by atoms with Gasteiger partial charge in [-0.15, -0.1) is 0 Å². The summed E-state index contributed by atoms with van der Waals surface area (Å²) in [5.41, 5.74) is 16.2. The van der Waals surface area contributed by atoms with Crippen molar-refractivity contribution in [1.82, 2.24) is 4.90 Å². The maximum atomic E-state index is 11.6. The molecule has 0 heterocycles. The van der Waals surface area contributed by atoms with Gasteiger partial charge in [-0.3, -0.25) is 9.59 Å². The monoisotopic (exact) mass is 216 g/mol. The molecule has 1 atom stereocenters.